The zero-order chi connectivity index (χ0) is 12.3. The summed E-state index contributed by atoms with van der Waals surface area (Å²) in [7, 11) is 0. The average molecular weight is 226 g/mol. The molecule has 0 aliphatic rings. The van der Waals surface area contributed by atoms with E-state index in [0.717, 1.165) is 17.5 Å². The fraction of sp³-hybridized carbons (Fsp3) is 0.133. The van der Waals surface area contributed by atoms with Crippen LogP contribution in [0.25, 0.3) is 0 Å². The molecule has 2 heteroatoms. The molecule has 0 heterocycles. The Morgan fingerprint density at radius 3 is 2.47 bits per heavy atom. The number of aromatic hydroxyl groups is 1. The minimum Gasteiger partial charge on any atom is -0.507 e. The molecule has 0 bridgehead atoms. The van der Waals surface area contributed by atoms with Gasteiger partial charge in [-0.1, -0.05) is 36.4 Å². The zero-order valence-corrected chi connectivity index (χ0v) is 9.68. The van der Waals surface area contributed by atoms with Crippen LogP contribution in [-0.2, 0) is 6.42 Å². The maximum atomic E-state index is 10.7. The molecule has 0 spiro atoms. The summed E-state index contributed by atoms with van der Waals surface area (Å²) in [4.78, 5) is 10.7. The molecule has 1 N–H and O–H groups in total. The molecule has 2 aromatic carbocycles. The smallest absolute Gasteiger partial charge is 0.153 e. The Bertz CT molecular complexity index is 530. The second kappa shape index (κ2) is 4.83. The molecule has 2 rings (SSSR count). The highest BCUT2D eigenvalue weighted by Gasteiger charge is 2.08. The first kappa shape index (κ1) is 11.4. The number of phenols is 1. The Balaban J connectivity index is 2.35. The maximum absolute atomic E-state index is 10.7. The Kier molecular flexibility index (Phi) is 3.24. The third-order valence-corrected chi connectivity index (χ3v) is 2.94. The lowest BCUT2D eigenvalue weighted by Crippen LogP contribution is -1.94. The van der Waals surface area contributed by atoms with Crippen molar-refractivity contribution in [1.82, 2.24) is 0 Å². The van der Waals surface area contributed by atoms with E-state index in [1.54, 1.807) is 6.07 Å². The molecule has 0 unspecified atom stereocenters. The summed E-state index contributed by atoms with van der Waals surface area (Å²) in [5, 5.41) is 9.83. The van der Waals surface area contributed by atoms with E-state index in [2.05, 4.69) is 0 Å². The van der Waals surface area contributed by atoms with Gasteiger partial charge in [-0.3, -0.25) is 4.79 Å². The Hall–Kier alpha value is -2.09. The van der Waals surface area contributed by atoms with Gasteiger partial charge in [-0.05, 0) is 36.1 Å². The van der Waals surface area contributed by atoms with Crippen LogP contribution in [0.5, 0.6) is 5.75 Å². The zero-order valence-electron chi connectivity index (χ0n) is 9.68. The predicted octanol–water partition coefficient (Wildman–Crippen LogP) is 3.10. The topological polar surface area (TPSA) is 37.3 Å². The minimum atomic E-state index is 0.0911. The lowest BCUT2D eigenvalue weighted by atomic mass is 9.98. The van der Waals surface area contributed by atoms with Crippen molar-refractivity contribution < 1.29 is 9.90 Å². The third-order valence-electron chi connectivity index (χ3n) is 2.94. The highest BCUT2D eigenvalue weighted by atomic mass is 16.3. The number of rotatable bonds is 3. The lowest BCUT2D eigenvalue weighted by Gasteiger charge is -2.09. The van der Waals surface area contributed by atoms with Crippen LogP contribution in [0.4, 0.5) is 0 Å². The fourth-order valence-electron chi connectivity index (χ4n) is 1.87. The summed E-state index contributed by atoms with van der Waals surface area (Å²) in [6, 6.07) is 13.6. The van der Waals surface area contributed by atoms with Gasteiger partial charge in [0.15, 0.2) is 6.29 Å². The Labute approximate surface area is 101 Å². The Morgan fingerprint density at radius 1 is 1.12 bits per heavy atom. The monoisotopic (exact) mass is 226 g/mol. The van der Waals surface area contributed by atoms with Gasteiger partial charge in [-0.2, -0.15) is 0 Å². The average Bonchev–Trinajstić information content (AvgIpc) is 2.37. The molecule has 0 aliphatic heterocycles. The van der Waals surface area contributed by atoms with Gasteiger partial charge in [0.05, 0.1) is 5.56 Å². The molecule has 0 atom stereocenters. The van der Waals surface area contributed by atoms with Crippen molar-refractivity contribution in [3.8, 4) is 5.75 Å². The van der Waals surface area contributed by atoms with Crippen LogP contribution in [0.2, 0.25) is 0 Å². The highest BCUT2D eigenvalue weighted by Crippen LogP contribution is 2.25. The van der Waals surface area contributed by atoms with Crippen molar-refractivity contribution >= 4 is 6.29 Å². The minimum absolute atomic E-state index is 0.0911. The lowest BCUT2D eigenvalue weighted by molar-refractivity contribution is 0.112. The highest BCUT2D eigenvalue weighted by molar-refractivity contribution is 5.80. The molecule has 2 nitrogen and oxygen atoms in total. The molecule has 0 fully saturated rings. The molecule has 0 saturated carbocycles. The van der Waals surface area contributed by atoms with E-state index in [4.69, 9.17) is 0 Å². The number of benzene rings is 2. The first-order valence-electron chi connectivity index (χ1n) is 5.53. The predicted molar refractivity (Wildman–Crippen MR) is 67.5 cm³/mol. The van der Waals surface area contributed by atoms with E-state index >= 15 is 0 Å². The molecular formula is C15H14O2. The maximum Gasteiger partial charge on any atom is 0.153 e. The van der Waals surface area contributed by atoms with Gasteiger partial charge in [-0.25, -0.2) is 0 Å². The molecule has 17 heavy (non-hydrogen) atoms. The van der Waals surface area contributed by atoms with Crippen LogP contribution in [-0.4, -0.2) is 11.4 Å². The SMILES string of the molecule is Cc1c(Cc2ccccc2)ccc(C=O)c1O. The first-order chi connectivity index (χ1) is 8.22. The third kappa shape index (κ3) is 2.36. The van der Waals surface area contributed by atoms with Crippen LogP contribution in [0, 0.1) is 6.92 Å². The normalized spacial score (nSPS) is 10.2. The second-order valence-corrected chi connectivity index (χ2v) is 4.07. The van der Waals surface area contributed by atoms with Crippen molar-refractivity contribution in [3.63, 3.8) is 0 Å². The van der Waals surface area contributed by atoms with Crippen molar-refractivity contribution in [2.75, 3.05) is 0 Å². The van der Waals surface area contributed by atoms with E-state index in [-0.39, 0.29) is 5.75 Å². The summed E-state index contributed by atoms with van der Waals surface area (Å²) in [5.74, 6) is 0.0911. The van der Waals surface area contributed by atoms with E-state index in [1.165, 1.54) is 5.56 Å². The van der Waals surface area contributed by atoms with E-state index in [1.807, 2.05) is 43.3 Å². The van der Waals surface area contributed by atoms with Crippen molar-refractivity contribution in [3.05, 3.63) is 64.7 Å². The first-order valence-corrected chi connectivity index (χ1v) is 5.53. The molecule has 86 valence electrons. The molecule has 2 aromatic rings. The van der Waals surface area contributed by atoms with Gasteiger partial charge in [0.25, 0.3) is 0 Å². The van der Waals surface area contributed by atoms with E-state index in [9.17, 15) is 9.90 Å². The van der Waals surface area contributed by atoms with Crippen LogP contribution in [0.1, 0.15) is 27.0 Å². The Morgan fingerprint density at radius 2 is 1.82 bits per heavy atom. The van der Waals surface area contributed by atoms with E-state index in [0.29, 0.717) is 11.8 Å². The number of carbonyl (C=O) groups excluding carboxylic acids is 1. The molecule has 0 aromatic heterocycles. The number of hydrogen-bond donors (Lipinski definition) is 1. The fourth-order valence-corrected chi connectivity index (χ4v) is 1.87. The van der Waals surface area contributed by atoms with Gasteiger partial charge in [-0.15, -0.1) is 0 Å². The summed E-state index contributed by atoms with van der Waals surface area (Å²) >= 11 is 0. The van der Waals surface area contributed by atoms with Gasteiger partial charge in [0.1, 0.15) is 5.75 Å². The summed E-state index contributed by atoms with van der Waals surface area (Å²) < 4.78 is 0. The number of phenolic OH excluding ortho intramolecular Hbond substituents is 1. The standard InChI is InChI=1S/C15H14O2/c1-11-13(7-8-14(10-16)15(11)17)9-12-5-3-2-4-6-12/h2-8,10,17H,9H2,1H3. The summed E-state index contributed by atoms with van der Waals surface area (Å²) in [6.45, 7) is 1.83. The van der Waals surface area contributed by atoms with Crippen LogP contribution < -0.4 is 0 Å². The van der Waals surface area contributed by atoms with Crippen molar-refractivity contribution in [1.29, 1.82) is 0 Å². The number of aldehydes is 1. The summed E-state index contributed by atoms with van der Waals surface area (Å²) in [6.07, 6.45) is 1.44. The van der Waals surface area contributed by atoms with Crippen molar-refractivity contribution in [2.24, 2.45) is 0 Å². The molecule has 0 saturated heterocycles. The van der Waals surface area contributed by atoms with Crippen LogP contribution in [0.15, 0.2) is 42.5 Å². The quantitative estimate of drug-likeness (QED) is 0.816. The number of carbonyl (C=O) groups is 1. The van der Waals surface area contributed by atoms with Gasteiger partial charge < -0.3 is 5.11 Å². The molecular weight excluding hydrogens is 212 g/mol. The van der Waals surface area contributed by atoms with Crippen LogP contribution >= 0.6 is 0 Å². The van der Waals surface area contributed by atoms with E-state index < -0.39 is 0 Å². The molecule has 0 aliphatic carbocycles. The molecule has 0 amide bonds. The second-order valence-electron chi connectivity index (χ2n) is 4.07. The van der Waals surface area contributed by atoms with Gasteiger partial charge >= 0.3 is 0 Å². The largest absolute Gasteiger partial charge is 0.507 e. The van der Waals surface area contributed by atoms with Crippen LogP contribution in [0.3, 0.4) is 0 Å². The number of hydrogen-bond acceptors (Lipinski definition) is 2. The molecule has 0 radical (unpaired) electrons. The van der Waals surface area contributed by atoms with Gasteiger partial charge in [0, 0.05) is 0 Å². The summed E-state index contributed by atoms with van der Waals surface area (Å²) in [5.41, 5.74) is 3.35. The van der Waals surface area contributed by atoms with Crippen molar-refractivity contribution in [2.45, 2.75) is 13.3 Å². The van der Waals surface area contributed by atoms with Gasteiger partial charge in [0.2, 0.25) is 0 Å².